The van der Waals surface area contributed by atoms with E-state index in [1.165, 1.54) is 21.4 Å². The third-order valence-corrected chi connectivity index (χ3v) is 7.16. The van der Waals surface area contributed by atoms with Crippen molar-refractivity contribution in [2.75, 3.05) is 18.4 Å². The van der Waals surface area contributed by atoms with Crippen LogP contribution in [0.25, 0.3) is 5.57 Å². The van der Waals surface area contributed by atoms with Gasteiger partial charge in [0, 0.05) is 18.0 Å². The normalized spacial score (nSPS) is 22.3. The number of hydrogen-bond donors (Lipinski definition) is 1. The Morgan fingerprint density at radius 2 is 2.13 bits per heavy atom. The molecule has 2 aliphatic heterocycles. The summed E-state index contributed by atoms with van der Waals surface area (Å²) in [5.74, 6) is -1.89. The minimum Gasteiger partial charge on any atom is -0.334 e. The maximum Gasteiger partial charge on any atom is 0.322 e. The molecule has 0 unspecified atom stereocenters. The van der Waals surface area contributed by atoms with Gasteiger partial charge in [0.15, 0.2) is 11.6 Å². The van der Waals surface area contributed by atoms with Crippen molar-refractivity contribution in [3.05, 3.63) is 51.0 Å². The Morgan fingerprint density at radius 3 is 2.80 bits per heavy atom. The average molecular weight is 430 g/mol. The Balaban J connectivity index is 1.31. The molecule has 1 saturated heterocycles. The smallest absolute Gasteiger partial charge is 0.322 e. The van der Waals surface area contributed by atoms with E-state index in [1.54, 1.807) is 16.2 Å². The molecule has 3 amide bonds. The number of aromatic nitrogens is 1. The van der Waals surface area contributed by atoms with Crippen LogP contribution in [0.3, 0.4) is 0 Å². The van der Waals surface area contributed by atoms with Crippen molar-refractivity contribution in [2.24, 2.45) is 5.92 Å². The minimum absolute atomic E-state index is 0.00590. The number of nitrogens with zero attached hydrogens (tertiary/aromatic N) is 3. The van der Waals surface area contributed by atoms with Crippen molar-refractivity contribution in [2.45, 2.75) is 32.9 Å². The zero-order valence-corrected chi connectivity index (χ0v) is 17.4. The summed E-state index contributed by atoms with van der Waals surface area (Å²) in [5.41, 5.74) is 2.58. The van der Waals surface area contributed by atoms with Crippen molar-refractivity contribution >= 4 is 34.5 Å². The van der Waals surface area contributed by atoms with E-state index in [0.29, 0.717) is 6.54 Å². The molecule has 1 aliphatic carbocycles. The van der Waals surface area contributed by atoms with Crippen molar-refractivity contribution in [1.82, 2.24) is 14.8 Å². The highest BCUT2D eigenvalue weighted by molar-refractivity contribution is 7.12. The van der Waals surface area contributed by atoms with E-state index in [4.69, 9.17) is 0 Å². The van der Waals surface area contributed by atoms with Gasteiger partial charge >= 0.3 is 6.03 Å². The standard InChI is InChI=1S/C21H20F2N4O2S/c1-10-20(30-11(2)24-10)14-6-13-5-12(14)7-27(13)18(28)9-26-8-15-17(25-21(26)29)4-3-16(22)19(15)23/h3-4,6,12-13H,5,7-9H2,1-2H3,(H,25,29)/t12-,13-/m1/s1. The average Bonchev–Trinajstić information content (AvgIpc) is 3.39. The van der Waals surface area contributed by atoms with Gasteiger partial charge in [-0.2, -0.15) is 0 Å². The van der Waals surface area contributed by atoms with Crippen LogP contribution in [0.1, 0.15) is 27.6 Å². The number of nitrogens with one attached hydrogen (secondary N) is 1. The summed E-state index contributed by atoms with van der Waals surface area (Å²) in [7, 11) is 0. The first-order valence-corrected chi connectivity index (χ1v) is 10.6. The first kappa shape index (κ1) is 19.2. The number of benzene rings is 1. The largest absolute Gasteiger partial charge is 0.334 e. The van der Waals surface area contributed by atoms with Crippen molar-refractivity contribution < 1.29 is 18.4 Å². The third-order valence-electron chi connectivity index (χ3n) is 6.04. The summed E-state index contributed by atoms with van der Waals surface area (Å²) in [6, 6.07) is 1.82. The predicted molar refractivity (Wildman–Crippen MR) is 109 cm³/mol. The van der Waals surface area contributed by atoms with E-state index in [-0.39, 0.29) is 42.2 Å². The lowest BCUT2D eigenvalue weighted by atomic mass is 10.0. The molecule has 3 heterocycles. The first-order chi connectivity index (χ1) is 14.3. The van der Waals surface area contributed by atoms with Gasteiger partial charge in [-0.25, -0.2) is 18.6 Å². The molecule has 1 aromatic carbocycles. The number of thiazole rings is 1. The minimum atomic E-state index is -0.993. The monoisotopic (exact) mass is 430 g/mol. The Labute approximate surface area is 176 Å². The lowest BCUT2D eigenvalue weighted by molar-refractivity contribution is -0.132. The van der Waals surface area contributed by atoms with Crippen LogP contribution in [0, 0.1) is 31.4 Å². The molecule has 1 aromatic heterocycles. The summed E-state index contributed by atoms with van der Waals surface area (Å²) in [5, 5.41) is 3.56. The van der Waals surface area contributed by atoms with Crippen molar-refractivity contribution in [3.63, 3.8) is 0 Å². The van der Waals surface area contributed by atoms with Gasteiger partial charge in [0.05, 0.1) is 33.9 Å². The number of carbonyl (C=O) groups is 2. The fourth-order valence-electron chi connectivity index (χ4n) is 4.64. The second-order valence-corrected chi connectivity index (χ2v) is 9.19. The molecule has 2 aromatic rings. The van der Waals surface area contributed by atoms with Gasteiger partial charge in [-0.3, -0.25) is 4.79 Å². The summed E-state index contributed by atoms with van der Waals surface area (Å²) in [4.78, 5) is 34.0. The number of rotatable bonds is 3. The van der Waals surface area contributed by atoms with Gasteiger partial charge in [0.25, 0.3) is 0 Å². The van der Waals surface area contributed by atoms with Crippen molar-refractivity contribution in [3.8, 4) is 0 Å². The molecule has 30 heavy (non-hydrogen) atoms. The van der Waals surface area contributed by atoms with E-state index in [1.807, 2.05) is 13.8 Å². The zero-order chi connectivity index (χ0) is 21.2. The molecule has 5 rings (SSSR count). The number of carbonyl (C=O) groups excluding carboxylic acids is 2. The molecule has 9 heteroatoms. The number of anilines is 1. The maximum absolute atomic E-state index is 14.1. The van der Waals surface area contributed by atoms with Crippen LogP contribution in [0.2, 0.25) is 0 Å². The molecular weight excluding hydrogens is 410 g/mol. The fraction of sp³-hybridized carbons (Fsp3) is 0.381. The highest BCUT2D eigenvalue weighted by Crippen LogP contribution is 2.44. The quantitative estimate of drug-likeness (QED) is 0.808. The van der Waals surface area contributed by atoms with Gasteiger partial charge in [-0.15, -0.1) is 11.3 Å². The van der Waals surface area contributed by atoms with E-state index in [0.717, 1.165) is 23.2 Å². The number of aryl methyl sites for hydroxylation is 2. The van der Waals surface area contributed by atoms with Gasteiger partial charge in [0.1, 0.15) is 6.54 Å². The molecule has 0 radical (unpaired) electrons. The molecular formula is C21H20F2N4O2S. The number of hydrogen-bond acceptors (Lipinski definition) is 4. The number of amides is 3. The molecule has 1 fully saturated rings. The molecule has 1 N–H and O–H groups in total. The topological polar surface area (TPSA) is 65.5 Å². The molecule has 6 nitrogen and oxygen atoms in total. The van der Waals surface area contributed by atoms with Crippen LogP contribution in [-0.2, 0) is 11.3 Å². The Morgan fingerprint density at radius 1 is 1.33 bits per heavy atom. The van der Waals surface area contributed by atoms with E-state index in [2.05, 4.69) is 16.4 Å². The Hall–Kier alpha value is -2.81. The van der Waals surface area contributed by atoms with E-state index < -0.39 is 17.7 Å². The highest BCUT2D eigenvalue weighted by Gasteiger charge is 2.43. The summed E-state index contributed by atoms with van der Waals surface area (Å²) < 4.78 is 27.7. The second-order valence-electron chi connectivity index (χ2n) is 7.99. The summed E-state index contributed by atoms with van der Waals surface area (Å²) >= 11 is 1.68. The predicted octanol–water partition coefficient (Wildman–Crippen LogP) is 3.70. The SMILES string of the molecule is Cc1nc(C)c(C2=C[C@H]3C[C@@H]2CN3C(=O)CN2Cc3c(ccc(F)c3F)NC2=O)s1. The molecule has 0 saturated carbocycles. The summed E-state index contributed by atoms with van der Waals surface area (Å²) in [6.45, 7) is 4.27. The maximum atomic E-state index is 14.1. The zero-order valence-electron chi connectivity index (χ0n) is 16.5. The van der Waals surface area contributed by atoms with Crippen LogP contribution in [0.4, 0.5) is 19.3 Å². The van der Waals surface area contributed by atoms with Gasteiger partial charge in [-0.1, -0.05) is 6.08 Å². The fourth-order valence-corrected chi connectivity index (χ4v) is 5.67. The second kappa shape index (κ2) is 6.87. The molecule has 156 valence electrons. The molecule has 0 spiro atoms. The summed E-state index contributed by atoms with van der Waals surface area (Å²) in [6.07, 6.45) is 3.00. The van der Waals surface area contributed by atoms with Crippen molar-refractivity contribution in [1.29, 1.82) is 0 Å². The molecule has 2 atom stereocenters. The molecule has 2 bridgehead atoms. The number of fused-ring (bicyclic) bond motifs is 3. The highest BCUT2D eigenvalue weighted by atomic mass is 32.1. The van der Waals surface area contributed by atoms with Crippen LogP contribution in [0.5, 0.6) is 0 Å². The lowest BCUT2D eigenvalue weighted by Gasteiger charge is -2.32. The number of likely N-dealkylation sites (tertiary alicyclic amines) is 1. The van der Waals surface area contributed by atoms with Crippen LogP contribution >= 0.6 is 11.3 Å². The number of halogens is 2. The van der Waals surface area contributed by atoms with Gasteiger partial charge in [0.2, 0.25) is 5.91 Å². The molecule has 3 aliphatic rings. The van der Waals surface area contributed by atoms with Gasteiger partial charge in [-0.05, 0) is 38.0 Å². The van der Waals surface area contributed by atoms with E-state index in [9.17, 15) is 18.4 Å². The van der Waals surface area contributed by atoms with Crippen LogP contribution < -0.4 is 5.32 Å². The Kier molecular flexibility index (Phi) is 4.39. The Bertz CT molecular complexity index is 1110. The lowest BCUT2D eigenvalue weighted by Crippen LogP contribution is -2.47. The van der Waals surface area contributed by atoms with Crippen LogP contribution in [-0.4, -0.2) is 45.9 Å². The van der Waals surface area contributed by atoms with E-state index >= 15 is 0 Å². The number of urea groups is 1. The third kappa shape index (κ3) is 2.99. The first-order valence-electron chi connectivity index (χ1n) is 9.80. The van der Waals surface area contributed by atoms with Gasteiger partial charge < -0.3 is 15.1 Å². The van der Waals surface area contributed by atoms with Crippen LogP contribution in [0.15, 0.2) is 18.2 Å².